The van der Waals surface area contributed by atoms with Gasteiger partial charge in [-0.25, -0.2) is 14.1 Å². The van der Waals surface area contributed by atoms with E-state index in [0.717, 1.165) is 21.9 Å². The number of rotatable bonds is 4. The number of nitrogens with one attached hydrogen (secondary N) is 1. The molecule has 2 aromatic carbocycles. The summed E-state index contributed by atoms with van der Waals surface area (Å²) in [4.78, 5) is 17.4. The van der Waals surface area contributed by atoms with E-state index in [0.29, 0.717) is 23.9 Å². The Morgan fingerprint density at radius 2 is 1.96 bits per heavy atom. The molecule has 0 fully saturated rings. The number of benzene rings is 2. The van der Waals surface area contributed by atoms with E-state index in [4.69, 9.17) is 4.98 Å². The molecule has 0 radical (unpaired) electrons. The summed E-state index contributed by atoms with van der Waals surface area (Å²) in [7, 11) is 0. The van der Waals surface area contributed by atoms with Gasteiger partial charge in [-0.1, -0.05) is 44.2 Å². The van der Waals surface area contributed by atoms with Crippen LogP contribution in [0.5, 0.6) is 0 Å². The zero-order chi connectivity index (χ0) is 19.8. The average Bonchev–Trinajstić information content (AvgIpc) is 2.97. The van der Waals surface area contributed by atoms with Crippen LogP contribution in [0.4, 0.5) is 10.2 Å². The summed E-state index contributed by atoms with van der Waals surface area (Å²) in [5.41, 5.74) is 2.68. The zero-order valence-electron chi connectivity index (χ0n) is 16.0. The van der Waals surface area contributed by atoms with Crippen molar-refractivity contribution in [3.63, 3.8) is 0 Å². The number of aromatic nitrogens is 3. The van der Waals surface area contributed by atoms with Gasteiger partial charge in [-0.3, -0.25) is 4.79 Å². The molecule has 0 aliphatic rings. The summed E-state index contributed by atoms with van der Waals surface area (Å²) in [6, 6.07) is 13.9. The smallest absolute Gasteiger partial charge is 0.259 e. The van der Waals surface area contributed by atoms with Gasteiger partial charge < -0.3 is 5.32 Å². The van der Waals surface area contributed by atoms with Gasteiger partial charge in [-0.15, -0.1) is 0 Å². The van der Waals surface area contributed by atoms with Gasteiger partial charge in [0.15, 0.2) is 11.5 Å². The fourth-order valence-corrected chi connectivity index (χ4v) is 3.32. The number of para-hydroxylation sites is 1. The average molecular weight is 376 g/mol. The molecule has 0 aliphatic carbocycles. The molecular weight excluding hydrogens is 355 g/mol. The third-order valence-electron chi connectivity index (χ3n) is 4.64. The zero-order valence-corrected chi connectivity index (χ0v) is 16.0. The molecule has 0 spiro atoms. The van der Waals surface area contributed by atoms with Crippen molar-refractivity contribution in [2.75, 3.05) is 5.32 Å². The topological polar surface area (TPSA) is 59.8 Å². The molecule has 2 heterocycles. The predicted molar refractivity (Wildman–Crippen MR) is 109 cm³/mol. The Labute approximate surface area is 162 Å². The Morgan fingerprint density at radius 3 is 2.71 bits per heavy atom. The van der Waals surface area contributed by atoms with E-state index in [2.05, 4.69) is 24.3 Å². The van der Waals surface area contributed by atoms with Crippen LogP contribution in [0.15, 0.2) is 48.5 Å². The molecule has 28 heavy (non-hydrogen) atoms. The number of carbonyl (C=O) groups is 1. The molecule has 142 valence electrons. The lowest BCUT2D eigenvalue weighted by Gasteiger charge is -2.06. The Hall–Kier alpha value is -3.28. The van der Waals surface area contributed by atoms with Crippen LogP contribution in [0.25, 0.3) is 21.9 Å². The quantitative estimate of drug-likeness (QED) is 0.549. The molecule has 0 saturated heterocycles. The molecule has 0 unspecified atom stereocenters. The van der Waals surface area contributed by atoms with Crippen molar-refractivity contribution in [2.45, 2.75) is 27.3 Å². The highest BCUT2D eigenvalue weighted by atomic mass is 19.1. The van der Waals surface area contributed by atoms with Crippen LogP contribution >= 0.6 is 0 Å². The first-order chi connectivity index (χ1) is 13.4. The monoisotopic (exact) mass is 376 g/mol. The predicted octanol–water partition coefficient (Wildman–Crippen LogP) is 4.94. The van der Waals surface area contributed by atoms with Gasteiger partial charge in [0, 0.05) is 11.9 Å². The summed E-state index contributed by atoms with van der Waals surface area (Å²) >= 11 is 0. The number of nitrogens with zero attached hydrogens (tertiary/aromatic N) is 3. The molecule has 0 aliphatic heterocycles. The minimum Gasteiger partial charge on any atom is -0.304 e. The van der Waals surface area contributed by atoms with Gasteiger partial charge in [0.05, 0.1) is 16.5 Å². The number of amides is 1. The van der Waals surface area contributed by atoms with Gasteiger partial charge in [0.25, 0.3) is 5.91 Å². The van der Waals surface area contributed by atoms with Gasteiger partial charge in [0.2, 0.25) is 0 Å². The van der Waals surface area contributed by atoms with Crippen LogP contribution in [0, 0.1) is 18.7 Å². The van der Waals surface area contributed by atoms with Crippen molar-refractivity contribution in [3.8, 4) is 0 Å². The highest BCUT2D eigenvalue weighted by Gasteiger charge is 2.18. The number of hydrogen-bond acceptors (Lipinski definition) is 3. The summed E-state index contributed by atoms with van der Waals surface area (Å²) in [6.07, 6.45) is 0. The van der Waals surface area contributed by atoms with E-state index < -0.39 is 11.7 Å². The lowest BCUT2D eigenvalue weighted by Crippen LogP contribution is -2.15. The molecule has 2 aromatic heterocycles. The molecule has 1 N–H and O–H groups in total. The molecule has 0 atom stereocenters. The van der Waals surface area contributed by atoms with Crippen molar-refractivity contribution < 1.29 is 9.18 Å². The maximum atomic E-state index is 14.0. The molecule has 1 amide bonds. The number of fused-ring (bicyclic) bond motifs is 2. The van der Waals surface area contributed by atoms with Crippen molar-refractivity contribution in [1.29, 1.82) is 0 Å². The second kappa shape index (κ2) is 7.03. The fraction of sp³-hybridized carbons (Fsp3) is 0.227. The Bertz CT molecular complexity index is 1200. The molecule has 4 aromatic rings. The van der Waals surface area contributed by atoms with Crippen molar-refractivity contribution in [2.24, 2.45) is 5.92 Å². The highest BCUT2D eigenvalue weighted by Crippen LogP contribution is 2.28. The number of pyridine rings is 1. The third kappa shape index (κ3) is 3.22. The van der Waals surface area contributed by atoms with Gasteiger partial charge in [-0.2, -0.15) is 5.10 Å². The van der Waals surface area contributed by atoms with Crippen molar-refractivity contribution in [3.05, 3.63) is 65.5 Å². The second-order valence-electron chi connectivity index (χ2n) is 7.36. The first-order valence-corrected chi connectivity index (χ1v) is 9.27. The summed E-state index contributed by atoms with van der Waals surface area (Å²) in [6.45, 7) is 6.87. The lowest BCUT2D eigenvalue weighted by molar-refractivity contribution is 0.102. The third-order valence-corrected chi connectivity index (χ3v) is 4.64. The first kappa shape index (κ1) is 18.1. The number of carbonyl (C=O) groups excluding carboxylic acids is 1. The normalized spacial score (nSPS) is 11.5. The molecule has 0 saturated carbocycles. The number of aryl methyl sites for hydroxylation is 1. The van der Waals surface area contributed by atoms with E-state index in [1.54, 1.807) is 12.1 Å². The minimum atomic E-state index is -0.565. The first-order valence-electron chi connectivity index (χ1n) is 9.27. The summed E-state index contributed by atoms with van der Waals surface area (Å²) < 4.78 is 15.8. The SMILES string of the molecule is Cc1cccc2cc3c(NC(=O)c4ccccc4F)nn(CC(C)C)c3nc12. The standard InChI is InChI=1S/C22H21FN4O/c1-13(2)12-27-21-17(11-15-8-6-7-14(3)19(15)24-21)20(26-27)25-22(28)16-9-4-5-10-18(16)23/h4-11,13H,12H2,1-3H3,(H,25,26,28). The van der Waals surface area contributed by atoms with Crippen LogP contribution in [-0.4, -0.2) is 20.7 Å². The van der Waals surface area contributed by atoms with Crippen LogP contribution in [0.2, 0.25) is 0 Å². The van der Waals surface area contributed by atoms with E-state index in [9.17, 15) is 9.18 Å². The molecule has 4 rings (SSSR count). The lowest BCUT2D eigenvalue weighted by atomic mass is 10.1. The Balaban J connectivity index is 1.85. The maximum Gasteiger partial charge on any atom is 0.259 e. The molecule has 0 bridgehead atoms. The van der Waals surface area contributed by atoms with Gasteiger partial charge in [-0.05, 0) is 36.6 Å². The minimum absolute atomic E-state index is 0.0151. The maximum absolute atomic E-state index is 14.0. The van der Waals surface area contributed by atoms with Crippen LogP contribution in [0.3, 0.4) is 0 Å². The van der Waals surface area contributed by atoms with E-state index in [1.807, 2.05) is 35.9 Å². The van der Waals surface area contributed by atoms with Crippen LogP contribution in [0.1, 0.15) is 29.8 Å². The number of hydrogen-bond donors (Lipinski definition) is 1. The molecule has 5 nitrogen and oxygen atoms in total. The second-order valence-corrected chi connectivity index (χ2v) is 7.36. The summed E-state index contributed by atoms with van der Waals surface area (Å²) in [5.74, 6) is -0.351. The van der Waals surface area contributed by atoms with Crippen LogP contribution < -0.4 is 5.32 Å². The summed E-state index contributed by atoms with van der Waals surface area (Å²) in [5, 5.41) is 9.05. The molecular formula is C22H21FN4O. The number of anilines is 1. The molecule has 6 heteroatoms. The van der Waals surface area contributed by atoms with Gasteiger partial charge >= 0.3 is 0 Å². The van der Waals surface area contributed by atoms with Gasteiger partial charge in [0.1, 0.15) is 5.82 Å². The highest BCUT2D eigenvalue weighted by molar-refractivity contribution is 6.09. The van der Waals surface area contributed by atoms with Crippen molar-refractivity contribution in [1.82, 2.24) is 14.8 Å². The Morgan fingerprint density at radius 1 is 1.18 bits per heavy atom. The van der Waals surface area contributed by atoms with E-state index in [-0.39, 0.29) is 5.56 Å². The van der Waals surface area contributed by atoms with Crippen LogP contribution in [-0.2, 0) is 6.54 Å². The van der Waals surface area contributed by atoms with E-state index in [1.165, 1.54) is 12.1 Å². The largest absolute Gasteiger partial charge is 0.304 e. The van der Waals surface area contributed by atoms with Crippen molar-refractivity contribution >= 4 is 33.7 Å². The fourth-order valence-electron chi connectivity index (χ4n) is 3.32. The Kier molecular flexibility index (Phi) is 4.55. The number of halogens is 1. The van der Waals surface area contributed by atoms with E-state index >= 15 is 0 Å².